The molecule has 0 bridgehead atoms. The quantitative estimate of drug-likeness (QED) is 0.690. The van der Waals surface area contributed by atoms with Crippen LogP contribution in [0.5, 0.6) is 0 Å². The van der Waals surface area contributed by atoms with Crippen molar-refractivity contribution in [2.45, 2.75) is 12.7 Å². The number of allylic oxidation sites excluding steroid dienone is 2. The summed E-state index contributed by atoms with van der Waals surface area (Å²) in [5.41, 5.74) is 3.72. The fourth-order valence-corrected chi connectivity index (χ4v) is 4.06. The molecule has 138 valence electrons. The highest BCUT2D eigenvalue weighted by Crippen LogP contribution is 2.34. The number of hydrogen-bond acceptors (Lipinski definition) is 6. The second-order valence-corrected chi connectivity index (χ2v) is 7.44. The molecule has 3 aromatic rings. The molecule has 2 aliphatic heterocycles. The highest BCUT2D eigenvalue weighted by Gasteiger charge is 2.23. The number of rotatable bonds is 3. The lowest BCUT2D eigenvalue weighted by atomic mass is 10.2. The van der Waals surface area contributed by atoms with Crippen LogP contribution in [0.25, 0.3) is 32.5 Å². The third kappa shape index (κ3) is 3.05. The zero-order valence-electron chi connectivity index (χ0n) is 14.8. The molecule has 27 heavy (non-hydrogen) atoms. The van der Waals surface area contributed by atoms with Gasteiger partial charge in [-0.15, -0.1) is 16.7 Å². The monoisotopic (exact) mass is 380 g/mol. The van der Waals surface area contributed by atoms with E-state index in [4.69, 9.17) is 14.5 Å². The van der Waals surface area contributed by atoms with Gasteiger partial charge in [0.05, 0.1) is 18.7 Å². The minimum atomic E-state index is -0.444. The maximum absolute atomic E-state index is 5.82. The van der Waals surface area contributed by atoms with E-state index < -0.39 is 6.29 Å². The third-order valence-electron chi connectivity index (χ3n) is 4.63. The van der Waals surface area contributed by atoms with Gasteiger partial charge in [-0.05, 0) is 24.1 Å². The summed E-state index contributed by atoms with van der Waals surface area (Å²) in [7, 11) is 2.02. The molecule has 0 spiro atoms. The van der Waals surface area contributed by atoms with Crippen molar-refractivity contribution < 1.29 is 9.47 Å². The first-order valence-electron chi connectivity index (χ1n) is 8.85. The Kier molecular flexibility index (Phi) is 4.23. The summed E-state index contributed by atoms with van der Waals surface area (Å²) in [6.45, 7) is 1.99. The molecular formula is C19H18N5O2S-. The van der Waals surface area contributed by atoms with Crippen LogP contribution in [0.2, 0.25) is 0 Å². The van der Waals surface area contributed by atoms with Crippen molar-refractivity contribution in [1.82, 2.24) is 19.7 Å². The molecular weight excluding hydrogens is 362 g/mol. The number of aromatic nitrogens is 4. The van der Waals surface area contributed by atoms with Gasteiger partial charge >= 0.3 is 0 Å². The molecule has 7 nitrogen and oxygen atoms in total. The first-order chi connectivity index (χ1) is 13.3. The van der Waals surface area contributed by atoms with E-state index in [0.717, 1.165) is 44.3 Å². The van der Waals surface area contributed by atoms with Crippen molar-refractivity contribution in [2.75, 3.05) is 19.8 Å². The number of fused-ring (bicyclic) bond motifs is 1. The van der Waals surface area contributed by atoms with Crippen LogP contribution in [0, 0.1) is 0 Å². The summed E-state index contributed by atoms with van der Waals surface area (Å²) in [5.74, 6) is 0. The Hall–Kier alpha value is -2.55. The van der Waals surface area contributed by atoms with Gasteiger partial charge in [0.15, 0.2) is 5.01 Å². The molecule has 0 aliphatic carbocycles. The van der Waals surface area contributed by atoms with Crippen LogP contribution in [0.3, 0.4) is 0 Å². The number of hydrogen-bond donors (Lipinski definition) is 0. The SMILES string of the molecule is Cn1ccc2c(C3OCCCO3)nc(-c3nnc(C4=CC=C[N-]C4)s3)cc21. The van der Waals surface area contributed by atoms with Crippen molar-refractivity contribution in [3.63, 3.8) is 0 Å². The molecule has 0 radical (unpaired) electrons. The molecule has 1 saturated heterocycles. The Morgan fingerprint density at radius 3 is 2.89 bits per heavy atom. The Balaban J connectivity index is 1.59. The van der Waals surface area contributed by atoms with Crippen molar-refractivity contribution >= 4 is 27.8 Å². The van der Waals surface area contributed by atoms with Gasteiger partial charge in [-0.3, -0.25) is 0 Å². The second-order valence-electron chi connectivity index (χ2n) is 6.47. The molecule has 0 unspecified atom stereocenters. The Bertz CT molecular complexity index is 1050. The maximum atomic E-state index is 5.82. The molecule has 0 N–H and O–H groups in total. The van der Waals surface area contributed by atoms with Crippen molar-refractivity contribution in [1.29, 1.82) is 0 Å². The van der Waals surface area contributed by atoms with Gasteiger partial charge in [0, 0.05) is 18.6 Å². The van der Waals surface area contributed by atoms with E-state index in [-0.39, 0.29) is 0 Å². The van der Waals surface area contributed by atoms with Crippen LogP contribution in [-0.4, -0.2) is 39.5 Å². The number of pyridine rings is 1. The standard InChI is InChI=1S/C19H18N5O2S/c1-24-7-5-13-15(24)10-14(21-16(13)19-25-8-3-9-26-19)18-23-22-17(27-18)12-4-2-6-20-11-12/h2,4-7,10,19H,3,8-9,11H2,1H3/q-1. The largest absolute Gasteiger partial charge is 0.687 e. The molecule has 5 rings (SSSR count). The Morgan fingerprint density at radius 2 is 2.07 bits per heavy atom. The van der Waals surface area contributed by atoms with Crippen molar-refractivity contribution in [2.24, 2.45) is 7.05 Å². The molecule has 0 amide bonds. The van der Waals surface area contributed by atoms with Gasteiger partial charge in [0.1, 0.15) is 16.4 Å². The zero-order valence-corrected chi connectivity index (χ0v) is 15.6. The fraction of sp³-hybridized carbons (Fsp3) is 0.316. The van der Waals surface area contributed by atoms with E-state index in [0.29, 0.717) is 19.8 Å². The smallest absolute Gasteiger partial charge is 0.201 e. The Labute approximate surface area is 160 Å². The molecule has 0 saturated carbocycles. The summed E-state index contributed by atoms with van der Waals surface area (Å²) in [6, 6.07) is 4.10. The normalized spacial score (nSPS) is 17.9. The molecule has 8 heteroatoms. The van der Waals surface area contributed by atoms with Crippen LogP contribution in [0.4, 0.5) is 0 Å². The lowest BCUT2D eigenvalue weighted by Gasteiger charge is -2.23. The zero-order chi connectivity index (χ0) is 18.2. The summed E-state index contributed by atoms with van der Waals surface area (Å²) in [4.78, 5) is 4.85. The molecule has 2 aliphatic rings. The van der Waals surface area contributed by atoms with E-state index in [9.17, 15) is 0 Å². The molecule has 0 atom stereocenters. The third-order valence-corrected chi connectivity index (χ3v) is 5.65. The minimum Gasteiger partial charge on any atom is -0.687 e. The van der Waals surface area contributed by atoms with Crippen LogP contribution in [-0.2, 0) is 16.5 Å². The summed E-state index contributed by atoms with van der Waals surface area (Å²) in [5, 5.41) is 15.7. The van der Waals surface area contributed by atoms with E-state index >= 15 is 0 Å². The average molecular weight is 380 g/mol. The highest BCUT2D eigenvalue weighted by atomic mass is 32.1. The van der Waals surface area contributed by atoms with Crippen LogP contribution < -0.4 is 0 Å². The molecule has 5 heterocycles. The first-order valence-corrected chi connectivity index (χ1v) is 9.67. The Morgan fingerprint density at radius 1 is 1.22 bits per heavy atom. The van der Waals surface area contributed by atoms with Gasteiger partial charge in [0.25, 0.3) is 0 Å². The van der Waals surface area contributed by atoms with Crippen LogP contribution in [0.1, 0.15) is 23.4 Å². The fourth-order valence-electron chi connectivity index (χ4n) is 3.24. The van der Waals surface area contributed by atoms with E-state index in [2.05, 4.69) is 26.1 Å². The summed E-state index contributed by atoms with van der Waals surface area (Å²) < 4.78 is 13.7. The number of aryl methyl sites for hydroxylation is 1. The second kappa shape index (κ2) is 6.88. The van der Waals surface area contributed by atoms with E-state index in [1.54, 1.807) is 6.20 Å². The number of nitrogens with zero attached hydrogens (tertiary/aromatic N) is 5. The number of ether oxygens (including phenoxy) is 2. The lowest BCUT2D eigenvalue weighted by Crippen LogP contribution is -2.19. The topological polar surface area (TPSA) is 76.2 Å². The van der Waals surface area contributed by atoms with Gasteiger partial charge in [0.2, 0.25) is 6.29 Å². The molecule has 1 fully saturated rings. The lowest BCUT2D eigenvalue weighted by molar-refractivity contribution is -0.184. The summed E-state index contributed by atoms with van der Waals surface area (Å²) in [6.07, 6.45) is 8.23. The van der Waals surface area contributed by atoms with Crippen LogP contribution in [0.15, 0.2) is 36.7 Å². The first kappa shape index (κ1) is 16.6. The molecule has 3 aromatic heterocycles. The molecule has 0 aromatic carbocycles. The maximum Gasteiger partial charge on any atom is 0.201 e. The van der Waals surface area contributed by atoms with Gasteiger partial charge in [-0.2, -0.15) is 6.20 Å². The average Bonchev–Trinajstić information content (AvgIpc) is 3.36. The minimum absolute atomic E-state index is 0.444. The van der Waals surface area contributed by atoms with Gasteiger partial charge in [-0.1, -0.05) is 23.5 Å². The predicted molar refractivity (Wildman–Crippen MR) is 104 cm³/mol. The van der Waals surface area contributed by atoms with Gasteiger partial charge < -0.3 is 19.4 Å². The van der Waals surface area contributed by atoms with E-state index in [1.807, 2.05) is 31.5 Å². The summed E-state index contributed by atoms with van der Waals surface area (Å²) >= 11 is 1.53. The highest BCUT2D eigenvalue weighted by molar-refractivity contribution is 7.15. The van der Waals surface area contributed by atoms with Crippen molar-refractivity contribution in [3.8, 4) is 10.7 Å². The van der Waals surface area contributed by atoms with Crippen molar-refractivity contribution in [3.05, 3.63) is 52.7 Å². The van der Waals surface area contributed by atoms with E-state index in [1.165, 1.54) is 11.3 Å². The predicted octanol–water partition coefficient (Wildman–Crippen LogP) is 3.81. The van der Waals surface area contributed by atoms with Crippen LogP contribution >= 0.6 is 11.3 Å². The van der Waals surface area contributed by atoms with Gasteiger partial charge in [-0.25, -0.2) is 4.98 Å².